The minimum Gasteiger partial charge on any atom is -0.371 e. The molecule has 35 heavy (non-hydrogen) atoms. The molecule has 2 aliphatic heterocycles. The number of nitrogens with zero attached hydrogens (tertiary/aromatic N) is 1. The van der Waals surface area contributed by atoms with Crippen molar-refractivity contribution in [2.75, 3.05) is 5.32 Å². The molecule has 2 unspecified atom stereocenters. The summed E-state index contributed by atoms with van der Waals surface area (Å²) in [5.74, 6) is 0. The summed E-state index contributed by atoms with van der Waals surface area (Å²) in [5, 5.41) is 10.3. The van der Waals surface area contributed by atoms with Gasteiger partial charge in [0.1, 0.15) is 5.37 Å². The summed E-state index contributed by atoms with van der Waals surface area (Å²) in [6.07, 6.45) is 8.40. The van der Waals surface area contributed by atoms with Gasteiger partial charge in [-0.1, -0.05) is 109 Å². The van der Waals surface area contributed by atoms with Gasteiger partial charge in [-0.2, -0.15) is 0 Å². The molecule has 7 rings (SSSR count). The first kappa shape index (κ1) is 20.4. The maximum atomic E-state index is 5.11. The van der Waals surface area contributed by atoms with Crippen LogP contribution in [-0.4, -0.2) is 11.8 Å². The summed E-state index contributed by atoms with van der Waals surface area (Å²) in [5.41, 5.74) is 7.85. The monoisotopic (exact) mass is 469 g/mol. The van der Waals surface area contributed by atoms with E-state index in [-0.39, 0.29) is 11.4 Å². The molecule has 2 heterocycles. The summed E-state index contributed by atoms with van der Waals surface area (Å²) in [7, 11) is 0. The van der Waals surface area contributed by atoms with Gasteiger partial charge in [0.15, 0.2) is 0 Å². The number of hydrogen-bond donors (Lipinski definition) is 2. The number of aliphatic imine (C=N–C) groups is 1. The third-order valence-corrected chi connectivity index (χ3v) is 7.94. The number of nitrogens with one attached hydrogen (secondary N) is 2. The molecule has 3 aliphatic rings. The van der Waals surface area contributed by atoms with Crippen molar-refractivity contribution in [3.05, 3.63) is 132 Å². The Morgan fingerprint density at radius 3 is 2.40 bits per heavy atom. The second-order valence-electron chi connectivity index (χ2n) is 8.92. The Labute approximate surface area is 209 Å². The number of anilines is 1. The van der Waals surface area contributed by atoms with E-state index in [1.165, 1.54) is 26.9 Å². The van der Waals surface area contributed by atoms with Crippen LogP contribution in [0.4, 0.5) is 5.69 Å². The van der Waals surface area contributed by atoms with Crippen LogP contribution in [-0.2, 0) is 0 Å². The molecule has 0 bridgehead atoms. The van der Waals surface area contributed by atoms with Crippen LogP contribution in [0.1, 0.15) is 22.1 Å². The fourth-order valence-corrected chi connectivity index (χ4v) is 6.12. The van der Waals surface area contributed by atoms with Gasteiger partial charge in [0, 0.05) is 21.4 Å². The van der Waals surface area contributed by atoms with Crippen molar-refractivity contribution in [1.82, 2.24) is 5.32 Å². The van der Waals surface area contributed by atoms with Crippen LogP contribution in [0.15, 0.2) is 125 Å². The molecular formula is C31H23N3S. The maximum absolute atomic E-state index is 5.11. The SMILES string of the molecule is C1=CC2=NC(c3ccccc3)=C(c3ccc4ccc5c(c4c3)NC(c3ccccc3)S5)NC2C=C1. The van der Waals surface area contributed by atoms with Gasteiger partial charge < -0.3 is 10.6 Å². The number of thioether (sulfide) groups is 1. The summed E-state index contributed by atoms with van der Waals surface area (Å²) in [6, 6.07) is 32.4. The van der Waals surface area contributed by atoms with Crippen molar-refractivity contribution in [2.24, 2.45) is 4.99 Å². The van der Waals surface area contributed by atoms with E-state index in [0.29, 0.717) is 0 Å². The fourth-order valence-electron chi connectivity index (χ4n) is 4.96. The molecule has 168 valence electrons. The van der Waals surface area contributed by atoms with Crippen molar-refractivity contribution >= 4 is 45.3 Å². The first-order chi connectivity index (χ1) is 17.3. The summed E-state index contributed by atoms with van der Waals surface area (Å²) < 4.78 is 0. The van der Waals surface area contributed by atoms with Gasteiger partial charge in [0.2, 0.25) is 0 Å². The minimum atomic E-state index is 0.0794. The topological polar surface area (TPSA) is 36.4 Å². The highest BCUT2D eigenvalue weighted by molar-refractivity contribution is 8.00. The van der Waals surface area contributed by atoms with E-state index in [2.05, 4.69) is 120 Å². The van der Waals surface area contributed by atoms with E-state index in [9.17, 15) is 0 Å². The molecule has 1 aliphatic carbocycles. The first-order valence-corrected chi connectivity index (χ1v) is 12.8. The van der Waals surface area contributed by atoms with Crippen LogP contribution in [0, 0.1) is 0 Å². The number of allylic oxidation sites excluding steroid dienone is 2. The lowest BCUT2D eigenvalue weighted by atomic mass is 9.96. The van der Waals surface area contributed by atoms with Gasteiger partial charge >= 0.3 is 0 Å². The number of hydrogen-bond acceptors (Lipinski definition) is 4. The van der Waals surface area contributed by atoms with Crippen LogP contribution >= 0.6 is 11.8 Å². The van der Waals surface area contributed by atoms with E-state index in [1.54, 1.807) is 0 Å². The molecule has 4 aromatic rings. The fraction of sp³-hybridized carbons (Fsp3) is 0.0645. The second kappa shape index (κ2) is 8.33. The minimum absolute atomic E-state index is 0.0794. The largest absolute Gasteiger partial charge is 0.371 e. The van der Waals surface area contributed by atoms with Crippen LogP contribution < -0.4 is 10.6 Å². The molecule has 0 fully saturated rings. The Balaban J connectivity index is 1.36. The van der Waals surface area contributed by atoms with E-state index in [0.717, 1.165) is 28.2 Å². The first-order valence-electron chi connectivity index (χ1n) is 11.9. The molecule has 2 atom stereocenters. The van der Waals surface area contributed by atoms with E-state index in [1.807, 2.05) is 17.8 Å². The van der Waals surface area contributed by atoms with Gasteiger partial charge in [-0.05, 0) is 29.2 Å². The maximum Gasteiger partial charge on any atom is 0.103 e. The second-order valence-corrected chi connectivity index (χ2v) is 10.1. The van der Waals surface area contributed by atoms with Gasteiger partial charge in [-0.3, -0.25) is 0 Å². The Hall–Kier alpha value is -4.02. The highest BCUT2D eigenvalue weighted by Crippen LogP contribution is 2.49. The Morgan fingerprint density at radius 2 is 1.54 bits per heavy atom. The molecule has 0 aromatic heterocycles. The molecular weight excluding hydrogens is 446 g/mol. The van der Waals surface area contributed by atoms with Crippen LogP contribution in [0.2, 0.25) is 0 Å². The van der Waals surface area contributed by atoms with Gasteiger partial charge in [-0.15, -0.1) is 0 Å². The smallest absolute Gasteiger partial charge is 0.103 e. The summed E-state index contributed by atoms with van der Waals surface area (Å²) in [4.78, 5) is 6.40. The third kappa shape index (κ3) is 3.58. The van der Waals surface area contributed by atoms with Crippen LogP contribution in [0.3, 0.4) is 0 Å². The van der Waals surface area contributed by atoms with Crippen LogP contribution in [0.25, 0.3) is 22.2 Å². The average molecular weight is 470 g/mol. The quantitative estimate of drug-likeness (QED) is 0.328. The molecule has 2 N–H and O–H groups in total. The molecule has 0 amide bonds. The van der Waals surface area contributed by atoms with Crippen molar-refractivity contribution < 1.29 is 0 Å². The Kier molecular flexibility index (Phi) is 4.85. The number of fused-ring (bicyclic) bond motifs is 4. The molecule has 0 spiro atoms. The lowest BCUT2D eigenvalue weighted by molar-refractivity contribution is 0.882. The van der Waals surface area contributed by atoms with E-state index < -0.39 is 0 Å². The van der Waals surface area contributed by atoms with Crippen molar-refractivity contribution in [1.29, 1.82) is 0 Å². The van der Waals surface area contributed by atoms with Crippen molar-refractivity contribution in [2.45, 2.75) is 16.3 Å². The third-order valence-electron chi connectivity index (χ3n) is 6.72. The Morgan fingerprint density at radius 1 is 0.743 bits per heavy atom. The molecule has 4 aromatic carbocycles. The van der Waals surface area contributed by atoms with Crippen molar-refractivity contribution in [3.63, 3.8) is 0 Å². The lowest BCUT2D eigenvalue weighted by Crippen LogP contribution is -2.37. The highest BCUT2D eigenvalue weighted by Gasteiger charge is 2.27. The zero-order valence-corrected chi connectivity index (χ0v) is 19.8. The summed E-state index contributed by atoms with van der Waals surface area (Å²) >= 11 is 1.88. The molecule has 4 heteroatoms. The average Bonchev–Trinajstić information content (AvgIpc) is 3.38. The van der Waals surface area contributed by atoms with Crippen LogP contribution in [0.5, 0.6) is 0 Å². The zero-order chi connectivity index (χ0) is 23.2. The Bertz CT molecular complexity index is 1570. The molecule has 0 saturated heterocycles. The van der Waals surface area contributed by atoms with Gasteiger partial charge in [-0.25, -0.2) is 4.99 Å². The lowest BCUT2D eigenvalue weighted by Gasteiger charge is -2.28. The van der Waals surface area contributed by atoms with E-state index >= 15 is 0 Å². The predicted molar refractivity (Wildman–Crippen MR) is 149 cm³/mol. The van der Waals surface area contributed by atoms with Crippen molar-refractivity contribution in [3.8, 4) is 0 Å². The van der Waals surface area contributed by atoms with Gasteiger partial charge in [0.25, 0.3) is 0 Å². The standard InChI is InChI=1S/C31H23N3S/c1-3-9-21(10-4-1)28-29(33-26-14-8-7-13-25(26)32-28)23-16-15-20-17-18-27-30(24(20)19-23)34-31(35-27)22-11-5-2-6-12-22/h1-19,26,31,33-34H. The van der Waals surface area contributed by atoms with Gasteiger partial charge in [0.05, 0.1) is 28.8 Å². The normalized spacial score (nSPS) is 20.2. The zero-order valence-electron chi connectivity index (χ0n) is 19.0. The number of benzene rings is 4. The predicted octanol–water partition coefficient (Wildman–Crippen LogP) is 7.42. The highest BCUT2D eigenvalue weighted by atomic mass is 32.2. The summed E-state index contributed by atoms with van der Waals surface area (Å²) in [6.45, 7) is 0. The molecule has 0 radical (unpaired) electrons. The number of rotatable bonds is 3. The van der Waals surface area contributed by atoms with E-state index in [4.69, 9.17) is 4.99 Å². The molecule has 0 saturated carbocycles. The molecule has 3 nitrogen and oxygen atoms in total.